The minimum absolute atomic E-state index is 0.274. The first-order valence-electron chi connectivity index (χ1n) is 9.35. The van der Waals surface area contributed by atoms with Gasteiger partial charge in [-0.05, 0) is 36.4 Å². The molecule has 6 heteroatoms. The standard InChI is InChI=1S/C24H18N4O2/c25-15-18-10-11-19(16-28-13-12-26-17-28)23(14-18)30-22-9-5-4-8-21(22)24(29)27-20-6-2-1-3-7-20/h1-14,17H,16H2,(H,27,29). The second-order valence-electron chi connectivity index (χ2n) is 6.59. The van der Waals surface area contributed by atoms with Gasteiger partial charge in [-0.1, -0.05) is 36.4 Å². The summed E-state index contributed by atoms with van der Waals surface area (Å²) in [7, 11) is 0. The van der Waals surface area contributed by atoms with Crippen LogP contribution in [0.2, 0.25) is 0 Å². The molecule has 30 heavy (non-hydrogen) atoms. The molecule has 0 aliphatic heterocycles. The highest BCUT2D eigenvalue weighted by Crippen LogP contribution is 2.30. The van der Waals surface area contributed by atoms with Crippen molar-refractivity contribution in [2.75, 3.05) is 5.32 Å². The quantitative estimate of drug-likeness (QED) is 0.507. The van der Waals surface area contributed by atoms with Gasteiger partial charge >= 0.3 is 0 Å². The number of aromatic nitrogens is 2. The number of hydrogen-bond acceptors (Lipinski definition) is 4. The molecular formula is C24H18N4O2. The van der Waals surface area contributed by atoms with Crippen LogP contribution in [0.3, 0.4) is 0 Å². The molecule has 4 rings (SSSR count). The van der Waals surface area contributed by atoms with Crippen molar-refractivity contribution in [1.29, 1.82) is 5.26 Å². The molecule has 146 valence electrons. The van der Waals surface area contributed by atoms with Gasteiger partial charge < -0.3 is 14.6 Å². The highest BCUT2D eigenvalue weighted by Gasteiger charge is 2.15. The molecule has 0 bridgehead atoms. The van der Waals surface area contributed by atoms with Crippen molar-refractivity contribution in [3.8, 4) is 17.6 Å². The van der Waals surface area contributed by atoms with Crippen LogP contribution in [0, 0.1) is 11.3 Å². The number of carbonyl (C=O) groups is 1. The molecular weight excluding hydrogens is 376 g/mol. The summed E-state index contributed by atoms with van der Waals surface area (Å²) in [6.07, 6.45) is 5.26. The summed E-state index contributed by atoms with van der Waals surface area (Å²) in [4.78, 5) is 16.9. The van der Waals surface area contributed by atoms with Gasteiger partial charge in [-0.25, -0.2) is 4.98 Å². The third-order valence-corrected chi connectivity index (χ3v) is 4.49. The van der Waals surface area contributed by atoms with Gasteiger partial charge in [0.15, 0.2) is 0 Å². The molecule has 4 aromatic rings. The van der Waals surface area contributed by atoms with Crippen LogP contribution in [0.15, 0.2) is 91.5 Å². The number of hydrogen-bond donors (Lipinski definition) is 1. The van der Waals surface area contributed by atoms with E-state index in [0.717, 1.165) is 5.56 Å². The fraction of sp³-hybridized carbons (Fsp3) is 0.0417. The summed E-state index contributed by atoms with van der Waals surface area (Å²) < 4.78 is 8.05. The van der Waals surface area contributed by atoms with E-state index in [0.29, 0.717) is 34.9 Å². The first kappa shape index (κ1) is 19.0. The van der Waals surface area contributed by atoms with E-state index >= 15 is 0 Å². The molecule has 3 aromatic carbocycles. The lowest BCUT2D eigenvalue weighted by Gasteiger charge is -2.15. The van der Waals surface area contributed by atoms with Crippen molar-refractivity contribution in [3.63, 3.8) is 0 Å². The minimum Gasteiger partial charge on any atom is -0.456 e. The molecule has 0 saturated carbocycles. The number of nitrogens with one attached hydrogen (secondary N) is 1. The molecule has 0 aliphatic rings. The number of ether oxygens (including phenoxy) is 1. The van der Waals surface area contributed by atoms with Crippen molar-refractivity contribution < 1.29 is 9.53 Å². The summed E-state index contributed by atoms with van der Waals surface area (Å²) in [5.41, 5.74) is 2.44. The molecule has 0 radical (unpaired) electrons. The Kier molecular flexibility index (Phi) is 5.54. The lowest BCUT2D eigenvalue weighted by Crippen LogP contribution is -2.13. The lowest BCUT2D eigenvalue weighted by molar-refractivity contribution is 0.102. The second-order valence-corrected chi connectivity index (χ2v) is 6.59. The van der Waals surface area contributed by atoms with Crippen LogP contribution in [-0.2, 0) is 6.54 Å². The lowest BCUT2D eigenvalue weighted by atomic mass is 10.1. The van der Waals surface area contributed by atoms with Crippen molar-refractivity contribution in [2.24, 2.45) is 0 Å². The maximum absolute atomic E-state index is 12.8. The van der Waals surface area contributed by atoms with Crippen LogP contribution in [0.4, 0.5) is 5.69 Å². The Hall–Kier alpha value is -4.37. The van der Waals surface area contributed by atoms with E-state index in [2.05, 4.69) is 16.4 Å². The van der Waals surface area contributed by atoms with Gasteiger partial charge in [0.25, 0.3) is 5.91 Å². The van der Waals surface area contributed by atoms with Crippen LogP contribution in [0.5, 0.6) is 11.5 Å². The van der Waals surface area contributed by atoms with E-state index in [4.69, 9.17) is 4.74 Å². The van der Waals surface area contributed by atoms with Gasteiger partial charge in [0.1, 0.15) is 11.5 Å². The predicted octanol–water partition coefficient (Wildman–Crippen LogP) is 4.85. The Bertz CT molecular complexity index is 1200. The first-order valence-corrected chi connectivity index (χ1v) is 9.35. The summed E-state index contributed by atoms with van der Waals surface area (Å²) in [6, 6.07) is 23.7. The third kappa shape index (κ3) is 4.37. The monoisotopic (exact) mass is 394 g/mol. The fourth-order valence-electron chi connectivity index (χ4n) is 3.01. The number of carbonyl (C=O) groups excluding carboxylic acids is 1. The van der Waals surface area contributed by atoms with Gasteiger partial charge in [-0.3, -0.25) is 4.79 Å². The summed E-state index contributed by atoms with van der Waals surface area (Å²) in [6.45, 7) is 0.527. The van der Waals surface area contributed by atoms with Gasteiger partial charge in [0.05, 0.1) is 30.1 Å². The summed E-state index contributed by atoms with van der Waals surface area (Å²) >= 11 is 0. The Balaban J connectivity index is 1.64. The molecule has 0 atom stereocenters. The Morgan fingerprint density at radius 3 is 2.60 bits per heavy atom. The molecule has 0 aliphatic carbocycles. The maximum atomic E-state index is 12.8. The van der Waals surface area contributed by atoms with E-state index in [1.54, 1.807) is 48.9 Å². The zero-order valence-corrected chi connectivity index (χ0v) is 16.0. The van der Waals surface area contributed by atoms with Crippen molar-refractivity contribution in [3.05, 3.63) is 108 Å². The SMILES string of the molecule is N#Cc1ccc(Cn2ccnc2)c(Oc2ccccc2C(=O)Nc2ccccc2)c1. The maximum Gasteiger partial charge on any atom is 0.259 e. The average molecular weight is 394 g/mol. The smallest absolute Gasteiger partial charge is 0.259 e. The molecule has 6 nitrogen and oxygen atoms in total. The Morgan fingerprint density at radius 2 is 1.83 bits per heavy atom. The molecule has 1 aromatic heterocycles. The van der Waals surface area contributed by atoms with E-state index < -0.39 is 0 Å². The Labute approximate surface area is 174 Å². The van der Waals surface area contributed by atoms with Crippen LogP contribution in [0.25, 0.3) is 0 Å². The van der Waals surface area contributed by atoms with Gasteiger partial charge in [0.2, 0.25) is 0 Å². The largest absolute Gasteiger partial charge is 0.456 e. The molecule has 0 saturated heterocycles. The molecule has 0 spiro atoms. The van der Waals surface area contributed by atoms with E-state index in [9.17, 15) is 10.1 Å². The van der Waals surface area contributed by atoms with Crippen molar-refractivity contribution in [1.82, 2.24) is 9.55 Å². The number of rotatable bonds is 6. The molecule has 0 fully saturated rings. The molecule has 1 N–H and O–H groups in total. The number of para-hydroxylation sites is 2. The number of benzene rings is 3. The topological polar surface area (TPSA) is 79.9 Å². The third-order valence-electron chi connectivity index (χ3n) is 4.49. The predicted molar refractivity (Wildman–Crippen MR) is 113 cm³/mol. The normalized spacial score (nSPS) is 10.2. The van der Waals surface area contributed by atoms with Crippen molar-refractivity contribution in [2.45, 2.75) is 6.54 Å². The average Bonchev–Trinajstić information content (AvgIpc) is 3.29. The zero-order valence-electron chi connectivity index (χ0n) is 16.0. The van der Waals surface area contributed by atoms with Crippen LogP contribution < -0.4 is 10.1 Å². The van der Waals surface area contributed by atoms with E-state index in [-0.39, 0.29) is 5.91 Å². The van der Waals surface area contributed by atoms with Crippen molar-refractivity contribution >= 4 is 11.6 Å². The van der Waals surface area contributed by atoms with Crippen LogP contribution in [-0.4, -0.2) is 15.5 Å². The molecule has 0 unspecified atom stereocenters. The van der Waals surface area contributed by atoms with Gasteiger partial charge in [-0.2, -0.15) is 5.26 Å². The van der Waals surface area contributed by atoms with Crippen LogP contribution >= 0.6 is 0 Å². The molecule has 1 heterocycles. The summed E-state index contributed by atoms with van der Waals surface area (Å²) in [5, 5.41) is 12.2. The van der Waals surface area contributed by atoms with Gasteiger partial charge in [0, 0.05) is 23.6 Å². The number of imidazole rings is 1. The number of anilines is 1. The van der Waals surface area contributed by atoms with E-state index in [1.807, 2.05) is 47.2 Å². The second kappa shape index (κ2) is 8.76. The number of nitrogens with zero attached hydrogens (tertiary/aromatic N) is 3. The van der Waals surface area contributed by atoms with Crippen LogP contribution in [0.1, 0.15) is 21.5 Å². The first-order chi connectivity index (χ1) is 14.7. The zero-order chi connectivity index (χ0) is 20.8. The highest BCUT2D eigenvalue weighted by molar-refractivity contribution is 6.06. The number of nitriles is 1. The highest BCUT2D eigenvalue weighted by atomic mass is 16.5. The van der Waals surface area contributed by atoms with E-state index in [1.165, 1.54) is 0 Å². The molecule has 1 amide bonds. The summed E-state index contributed by atoms with van der Waals surface area (Å²) in [5.74, 6) is 0.653. The van der Waals surface area contributed by atoms with Gasteiger partial charge in [-0.15, -0.1) is 0 Å². The number of amides is 1. The Morgan fingerprint density at radius 1 is 1.03 bits per heavy atom. The fourth-order valence-corrected chi connectivity index (χ4v) is 3.01. The minimum atomic E-state index is -0.274.